The largest absolute Gasteiger partial charge is 0.488 e. The van der Waals surface area contributed by atoms with Crippen LogP contribution in [0, 0.1) is 6.92 Å². The van der Waals surface area contributed by atoms with E-state index in [0.29, 0.717) is 6.61 Å². The van der Waals surface area contributed by atoms with E-state index in [1.807, 2.05) is 6.07 Å². The van der Waals surface area contributed by atoms with Gasteiger partial charge in [0.25, 0.3) is 0 Å². The van der Waals surface area contributed by atoms with Crippen molar-refractivity contribution < 1.29 is 4.74 Å². The van der Waals surface area contributed by atoms with Crippen molar-refractivity contribution in [1.82, 2.24) is 5.32 Å². The molecule has 0 aliphatic rings. The summed E-state index contributed by atoms with van der Waals surface area (Å²) in [5.74, 6) is 0.865. The third-order valence-corrected chi connectivity index (χ3v) is 4.53. The molecule has 0 fully saturated rings. The van der Waals surface area contributed by atoms with Crippen LogP contribution in [-0.4, -0.2) is 6.54 Å². The molecule has 0 saturated heterocycles. The molecule has 2 nitrogen and oxygen atoms in total. The summed E-state index contributed by atoms with van der Waals surface area (Å²) in [7, 11) is 0. The van der Waals surface area contributed by atoms with Gasteiger partial charge >= 0.3 is 0 Å². The Labute approximate surface area is 143 Å². The first-order chi connectivity index (χ1) is 10.1. The smallest absolute Gasteiger partial charge is 0.134 e. The van der Waals surface area contributed by atoms with E-state index in [9.17, 15) is 0 Å². The average molecular weight is 413 g/mol. The van der Waals surface area contributed by atoms with Gasteiger partial charge in [0.05, 0.1) is 4.47 Å². The molecule has 0 radical (unpaired) electrons. The summed E-state index contributed by atoms with van der Waals surface area (Å²) in [4.78, 5) is 0. The summed E-state index contributed by atoms with van der Waals surface area (Å²) < 4.78 is 7.96. The Kier molecular flexibility index (Phi) is 6.27. The second kappa shape index (κ2) is 7.97. The average Bonchev–Trinajstić information content (AvgIpc) is 2.45. The van der Waals surface area contributed by atoms with Crippen LogP contribution < -0.4 is 10.1 Å². The van der Waals surface area contributed by atoms with Gasteiger partial charge in [-0.15, -0.1) is 0 Å². The Morgan fingerprint density at radius 2 is 1.86 bits per heavy atom. The lowest BCUT2D eigenvalue weighted by Gasteiger charge is -2.11. The monoisotopic (exact) mass is 411 g/mol. The summed E-state index contributed by atoms with van der Waals surface area (Å²) in [5, 5.41) is 3.32. The standard InChI is InChI=1S/C17H19Br2NO/c1-3-20-10-13-5-6-14(15(18)9-13)11-21-17-7-4-12(2)8-16(17)19/h4-9,20H,3,10-11H2,1-2H3. The Balaban J connectivity index is 2.02. The molecule has 112 valence electrons. The van der Waals surface area contributed by atoms with E-state index in [4.69, 9.17) is 4.74 Å². The molecule has 2 rings (SSSR count). The topological polar surface area (TPSA) is 21.3 Å². The predicted octanol–water partition coefficient (Wildman–Crippen LogP) is 5.21. The van der Waals surface area contributed by atoms with Crippen molar-refractivity contribution in [1.29, 1.82) is 0 Å². The van der Waals surface area contributed by atoms with Gasteiger partial charge in [-0.3, -0.25) is 0 Å². The fraction of sp³-hybridized carbons (Fsp3) is 0.294. The van der Waals surface area contributed by atoms with E-state index in [1.54, 1.807) is 0 Å². The van der Waals surface area contributed by atoms with Crippen molar-refractivity contribution in [2.75, 3.05) is 6.54 Å². The lowest BCUT2D eigenvalue weighted by Crippen LogP contribution is -2.11. The summed E-state index contributed by atoms with van der Waals surface area (Å²) in [6.07, 6.45) is 0. The van der Waals surface area contributed by atoms with E-state index in [2.05, 4.69) is 81.4 Å². The van der Waals surface area contributed by atoms with Gasteiger partial charge in [-0.25, -0.2) is 0 Å². The van der Waals surface area contributed by atoms with Crippen molar-refractivity contribution >= 4 is 31.9 Å². The van der Waals surface area contributed by atoms with Gasteiger partial charge in [-0.2, -0.15) is 0 Å². The number of hydrogen-bond donors (Lipinski definition) is 1. The van der Waals surface area contributed by atoms with E-state index < -0.39 is 0 Å². The minimum absolute atomic E-state index is 0.545. The minimum Gasteiger partial charge on any atom is -0.488 e. The molecule has 0 unspecified atom stereocenters. The molecular weight excluding hydrogens is 394 g/mol. The van der Waals surface area contributed by atoms with Crippen molar-refractivity contribution in [3.05, 3.63) is 62.0 Å². The summed E-state index contributed by atoms with van der Waals surface area (Å²) in [5.41, 5.74) is 3.62. The van der Waals surface area contributed by atoms with Crippen LogP contribution in [-0.2, 0) is 13.2 Å². The molecule has 1 N–H and O–H groups in total. The van der Waals surface area contributed by atoms with Crippen LogP contribution in [0.3, 0.4) is 0 Å². The highest BCUT2D eigenvalue weighted by molar-refractivity contribution is 9.10. The van der Waals surface area contributed by atoms with Crippen LogP contribution in [0.15, 0.2) is 45.3 Å². The molecule has 0 aromatic heterocycles. The van der Waals surface area contributed by atoms with Crippen LogP contribution in [0.25, 0.3) is 0 Å². The number of halogens is 2. The van der Waals surface area contributed by atoms with Gasteiger partial charge in [0, 0.05) is 16.6 Å². The molecule has 0 heterocycles. The number of benzene rings is 2. The summed E-state index contributed by atoms with van der Waals surface area (Å²) in [6.45, 7) is 6.58. The molecule has 0 aliphatic heterocycles. The highest BCUT2D eigenvalue weighted by Crippen LogP contribution is 2.27. The Bertz CT molecular complexity index is 614. The molecule has 4 heteroatoms. The SMILES string of the molecule is CCNCc1ccc(COc2ccc(C)cc2Br)c(Br)c1. The Hall–Kier alpha value is -0.840. The maximum Gasteiger partial charge on any atom is 0.134 e. The molecule has 2 aromatic carbocycles. The number of aryl methyl sites for hydroxylation is 1. The van der Waals surface area contributed by atoms with Gasteiger partial charge in [-0.1, -0.05) is 41.1 Å². The fourth-order valence-corrected chi connectivity index (χ4v) is 3.11. The molecular formula is C17H19Br2NO. The minimum atomic E-state index is 0.545. The molecule has 0 atom stereocenters. The number of hydrogen-bond acceptors (Lipinski definition) is 2. The second-order valence-electron chi connectivity index (χ2n) is 4.93. The molecule has 0 bridgehead atoms. The Morgan fingerprint density at radius 1 is 1.05 bits per heavy atom. The zero-order chi connectivity index (χ0) is 15.2. The maximum absolute atomic E-state index is 5.89. The van der Waals surface area contributed by atoms with Crippen molar-refractivity contribution in [3.63, 3.8) is 0 Å². The molecule has 0 spiro atoms. The molecule has 21 heavy (non-hydrogen) atoms. The quantitative estimate of drug-likeness (QED) is 0.703. The zero-order valence-electron chi connectivity index (χ0n) is 12.2. The number of ether oxygens (including phenoxy) is 1. The first-order valence-corrected chi connectivity index (χ1v) is 8.55. The molecule has 0 aliphatic carbocycles. The van der Waals surface area contributed by atoms with Crippen LogP contribution in [0.2, 0.25) is 0 Å². The Morgan fingerprint density at radius 3 is 2.52 bits per heavy atom. The number of nitrogens with one attached hydrogen (secondary N) is 1. The highest BCUT2D eigenvalue weighted by Gasteiger charge is 2.05. The van der Waals surface area contributed by atoms with Gasteiger partial charge < -0.3 is 10.1 Å². The summed E-state index contributed by atoms with van der Waals surface area (Å²) >= 11 is 7.16. The van der Waals surface area contributed by atoms with Crippen LogP contribution >= 0.6 is 31.9 Å². The van der Waals surface area contributed by atoms with Gasteiger partial charge in [-0.05, 0) is 58.7 Å². The van der Waals surface area contributed by atoms with Gasteiger partial charge in [0.2, 0.25) is 0 Å². The molecule has 2 aromatic rings. The van der Waals surface area contributed by atoms with E-state index in [-0.39, 0.29) is 0 Å². The lowest BCUT2D eigenvalue weighted by atomic mass is 10.1. The maximum atomic E-state index is 5.89. The van der Waals surface area contributed by atoms with Gasteiger partial charge in [0.15, 0.2) is 0 Å². The lowest BCUT2D eigenvalue weighted by molar-refractivity contribution is 0.303. The van der Waals surface area contributed by atoms with Crippen LogP contribution in [0.5, 0.6) is 5.75 Å². The first-order valence-electron chi connectivity index (χ1n) is 6.97. The zero-order valence-corrected chi connectivity index (χ0v) is 15.4. The highest BCUT2D eigenvalue weighted by atomic mass is 79.9. The third kappa shape index (κ3) is 4.83. The van der Waals surface area contributed by atoms with Gasteiger partial charge in [0.1, 0.15) is 12.4 Å². The normalized spacial score (nSPS) is 10.7. The molecule has 0 saturated carbocycles. The van der Waals surface area contributed by atoms with Crippen molar-refractivity contribution in [2.45, 2.75) is 27.0 Å². The molecule has 0 amide bonds. The van der Waals surface area contributed by atoms with E-state index >= 15 is 0 Å². The fourth-order valence-electron chi connectivity index (χ4n) is 1.97. The number of rotatable bonds is 6. The van der Waals surface area contributed by atoms with Crippen molar-refractivity contribution in [3.8, 4) is 5.75 Å². The second-order valence-corrected chi connectivity index (χ2v) is 6.64. The van der Waals surface area contributed by atoms with Crippen molar-refractivity contribution in [2.24, 2.45) is 0 Å². The summed E-state index contributed by atoms with van der Waals surface area (Å²) in [6, 6.07) is 12.5. The predicted molar refractivity (Wildman–Crippen MR) is 94.7 cm³/mol. The first kappa shape index (κ1) is 16.5. The van der Waals surface area contributed by atoms with E-state index in [0.717, 1.165) is 33.3 Å². The van der Waals surface area contributed by atoms with Crippen LogP contribution in [0.4, 0.5) is 0 Å². The van der Waals surface area contributed by atoms with E-state index in [1.165, 1.54) is 11.1 Å². The van der Waals surface area contributed by atoms with Crippen LogP contribution in [0.1, 0.15) is 23.6 Å². The third-order valence-electron chi connectivity index (χ3n) is 3.17.